The zero-order valence-electron chi connectivity index (χ0n) is 10.7. The summed E-state index contributed by atoms with van der Waals surface area (Å²) in [6.07, 6.45) is 5.97. The normalized spacial score (nSPS) is 14.6. The van der Waals surface area contributed by atoms with Crippen LogP contribution in [0.4, 0.5) is 10.7 Å². The number of aromatic nitrogens is 2. The minimum absolute atomic E-state index is 0.0424. The molecule has 1 aliphatic carbocycles. The van der Waals surface area contributed by atoms with Crippen LogP contribution in [0.5, 0.6) is 0 Å². The van der Waals surface area contributed by atoms with Crippen LogP contribution < -0.4 is 11.1 Å². The summed E-state index contributed by atoms with van der Waals surface area (Å²) < 4.78 is 0. The molecule has 0 amide bonds. The number of nitrogens with two attached hydrogens (primary N) is 1. The number of rotatable bonds is 5. The van der Waals surface area contributed by atoms with E-state index in [9.17, 15) is 4.79 Å². The molecule has 0 aliphatic heterocycles. The number of hydrogen-bond donors (Lipinski definition) is 3. The van der Waals surface area contributed by atoms with Crippen molar-refractivity contribution in [1.82, 2.24) is 10.2 Å². The fraction of sp³-hybridized carbons (Fsp3) is 0.385. The van der Waals surface area contributed by atoms with Crippen LogP contribution >= 0.6 is 11.3 Å². The number of hydrogen-bond acceptors (Lipinski definition) is 5. The van der Waals surface area contributed by atoms with E-state index in [0.717, 1.165) is 16.1 Å². The van der Waals surface area contributed by atoms with E-state index in [1.807, 2.05) is 6.20 Å². The molecule has 5 nitrogen and oxygen atoms in total. The van der Waals surface area contributed by atoms with Gasteiger partial charge in [0.15, 0.2) is 5.78 Å². The lowest BCUT2D eigenvalue weighted by Gasteiger charge is -2.05. The Morgan fingerprint density at radius 1 is 1.63 bits per heavy atom. The first kappa shape index (κ1) is 12.2. The monoisotopic (exact) mass is 276 g/mol. The molecule has 2 aromatic heterocycles. The van der Waals surface area contributed by atoms with E-state index in [1.165, 1.54) is 24.2 Å². The Kier molecular flexibility index (Phi) is 3.02. The Labute approximate surface area is 115 Å². The summed E-state index contributed by atoms with van der Waals surface area (Å²) in [4.78, 5) is 12.3. The van der Waals surface area contributed by atoms with Gasteiger partial charge in [0.2, 0.25) is 0 Å². The van der Waals surface area contributed by atoms with Gasteiger partial charge in [-0.2, -0.15) is 5.10 Å². The molecule has 1 saturated carbocycles. The number of ketones is 1. The van der Waals surface area contributed by atoms with Crippen molar-refractivity contribution in [2.24, 2.45) is 0 Å². The van der Waals surface area contributed by atoms with Gasteiger partial charge in [-0.25, -0.2) is 0 Å². The van der Waals surface area contributed by atoms with E-state index in [4.69, 9.17) is 5.73 Å². The van der Waals surface area contributed by atoms with Crippen molar-refractivity contribution in [2.45, 2.75) is 32.2 Å². The molecule has 0 aromatic carbocycles. The molecule has 4 N–H and O–H groups in total. The van der Waals surface area contributed by atoms with E-state index in [2.05, 4.69) is 15.5 Å². The molecule has 2 aromatic rings. The number of aromatic amines is 1. The Balaban J connectivity index is 1.86. The first-order valence-electron chi connectivity index (χ1n) is 6.31. The van der Waals surface area contributed by atoms with Gasteiger partial charge in [-0.3, -0.25) is 9.89 Å². The fourth-order valence-electron chi connectivity index (χ4n) is 2.18. The van der Waals surface area contributed by atoms with Gasteiger partial charge in [-0.05, 0) is 18.8 Å². The Hall–Kier alpha value is -1.82. The molecule has 0 saturated heterocycles. The molecule has 1 fully saturated rings. The van der Waals surface area contributed by atoms with Crippen LogP contribution in [0.2, 0.25) is 0 Å². The van der Waals surface area contributed by atoms with Crippen LogP contribution in [0.15, 0.2) is 12.4 Å². The maximum Gasteiger partial charge on any atom is 0.171 e. The topological polar surface area (TPSA) is 83.8 Å². The van der Waals surface area contributed by atoms with Gasteiger partial charge in [0.05, 0.1) is 21.8 Å². The number of carbonyl (C=O) groups is 1. The molecule has 2 heterocycles. The van der Waals surface area contributed by atoms with Crippen LogP contribution in [0.25, 0.3) is 0 Å². The molecule has 3 rings (SSSR count). The molecule has 6 heteroatoms. The van der Waals surface area contributed by atoms with Crippen molar-refractivity contribution < 1.29 is 4.79 Å². The Morgan fingerprint density at radius 2 is 2.42 bits per heavy atom. The number of nitrogens with one attached hydrogen (secondary N) is 2. The van der Waals surface area contributed by atoms with Crippen LogP contribution in [-0.4, -0.2) is 16.0 Å². The third-order valence-corrected chi connectivity index (χ3v) is 4.58. The summed E-state index contributed by atoms with van der Waals surface area (Å²) >= 11 is 1.47. The van der Waals surface area contributed by atoms with Gasteiger partial charge in [0.1, 0.15) is 0 Å². The van der Waals surface area contributed by atoms with E-state index >= 15 is 0 Å². The second kappa shape index (κ2) is 4.70. The lowest BCUT2D eigenvalue weighted by molar-refractivity contribution is 0.102. The largest absolute Gasteiger partial charge is 0.397 e. The summed E-state index contributed by atoms with van der Waals surface area (Å²) in [5.74, 6) is 0.567. The first-order chi connectivity index (χ1) is 9.16. The SMILES string of the molecule is CC(=O)c1sc(NCc2cn[nH]c2)c(C2CC2)c1N. The molecule has 0 atom stereocenters. The summed E-state index contributed by atoms with van der Waals surface area (Å²) in [6.45, 7) is 2.26. The lowest BCUT2D eigenvalue weighted by Crippen LogP contribution is -2.00. The summed E-state index contributed by atoms with van der Waals surface area (Å²) in [5.41, 5.74) is 9.02. The van der Waals surface area contributed by atoms with Crippen molar-refractivity contribution in [3.63, 3.8) is 0 Å². The van der Waals surface area contributed by atoms with Gasteiger partial charge < -0.3 is 11.1 Å². The molecule has 1 aliphatic rings. The Bertz CT molecular complexity index is 598. The minimum Gasteiger partial charge on any atom is -0.397 e. The highest BCUT2D eigenvalue weighted by Crippen LogP contribution is 2.50. The molecule has 0 radical (unpaired) electrons. The first-order valence-corrected chi connectivity index (χ1v) is 7.13. The molecule has 0 unspecified atom stereocenters. The van der Waals surface area contributed by atoms with Crippen molar-refractivity contribution >= 4 is 27.8 Å². The fourth-order valence-corrected chi connectivity index (χ4v) is 3.28. The zero-order valence-corrected chi connectivity index (χ0v) is 11.5. The summed E-state index contributed by atoms with van der Waals surface area (Å²) in [7, 11) is 0. The molecular weight excluding hydrogens is 260 g/mol. The number of H-pyrrole nitrogens is 1. The number of nitrogens with zero attached hydrogens (tertiary/aromatic N) is 1. The van der Waals surface area contributed by atoms with Crippen LogP contribution in [-0.2, 0) is 6.54 Å². The van der Waals surface area contributed by atoms with E-state index < -0.39 is 0 Å². The third-order valence-electron chi connectivity index (χ3n) is 3.30. The average Bonchev–Trinajstić information content (AvgIpc) is 2.96. The zero-order chi connectivity index (χ0) is 13.4. The quantitative estimate of drug-likeness (QED) is 0.733. The third kappa shape index (κ3) is 2.35. The van der Waals surface area contributed by atoms with Crippen LogP contribution in [0.1, 0.15) is 46.5 Å². The number of carbonyl (C=O) groups excluding carboxylic acids is 1. The average molecular weight is 276 g/mol. The predicted molar refractivity (Wildman–Crippen MR) is 76.6 cm³/mol. The van der Waals surface area contributed by atoms with Crippen LogP contribution in [0, 0.1) is 0 Å². The smallest absolute Gasteiger partial charge is 0.171 e. The summed E-state index contributed by atoms with van der Waals surface area (Å²) in [5, 5.41) is 11.1. The highest BCUT2D eigenvalue weighted by Gasteiger charge is 2.32. The van der Waals surface area contributed by atoms with E-state index in [0.29, 0.717) is 23.0 Å². The van der Waals surface area contributed by atoms with Crippen molar-refractivity contribution in [2.75, 3.05) is 11.1 Å². The Morgan fingerprint density at radius 3 is 3.00 bits per heavy atom. The number of Topliss-reactive ketones (excluding diaryl/α,β-unsaturated/α-hetero) is 1. The molecular formula is C13H16N4OS. The second-order valence-corrected chi connectivity index (χ2v) is 5.90. The van der Waals surface area contributed by atoms with Gasteiger partial charge in [-0.1, -0.05) is 0 Å². The molecule has 0 spiro atoms. The molecule has 100 valence electrons. The standard InChI is InChI=1S/C13H16N4OS/c1-7(18)12-11(14)10(9-2-3-9)13(19-12)15-4-8-5-16-17-6-8/h5-6,9,15H,2-4,14H2,1H3,(H,16,17). The van der Waals surface area contributed by atoms with E-state index in [-0.39, 0.29) is 5.78 Å². The van der Waals surface area contributed by atoms with Crippen LogP contribution in [0.3, 0.4) is 0 Å². The number of thiophene rings is 1. The van der Waals surface area contributed by atoms with Gasteiger partial charge >= 0.3 is 0 Å². The number of anilines is 2. The van der Waals surface area contributed by atoms with Crippen molar-refractivity contribution in [3.05, 3.63) is 28.4 Å². The minimum atomic E-state index is 0.0424. The van der Waals surface area contributed by atoms with Gasteiger partial charge in [-0.15, -0.1) is 11.3 Å². The predicted octanol–water partition coefficient (Wildman–Crippen LogP) is 2.75. The van der Waals surface area contributed by atoms with E-state index in [1.54, 1.807) is 13.1 Å². The maximum absolute atomic E-state index is 11.6. The lowest BCUT2D eigenvalue weighted by atomic mass is 10.1. The summed E-state index contributed by atoms with van der Waals surface area (Å²) in [6, 6.07) is 0. The van der Waals surface area contributed by atoms with Gasteiger partial charge in [0, 0.05) is 30.8 Å². The van der Waals surface area contributed by atoms with Gasteiger partial charge in [0.25, 0.3) is 0 Å². The maximum atomic E-state index is 11.6. The molecule has 0 bridgehead atoms. The highest BCUT2D eigenvalue weighted by molar-refractivity contribution is 7.18. The second-order valence-electron chi connectivity index (χ2n) is 4.88. The van der Waals surface area contributed by atoms with Crippen molar-refractivity contribution in [3.8, 4) is 0 Å². The van der Waals surface area contributed by atoms with Crippen molar-refractivity contribution in [1.29, 1.82) is 0 Å². The number of nitrogen functional groups attached to an aromatic ring is 1. The molecule has 19 heavy (non-hydrogen) atoms. The highest BCUT2D eigenvalue weighted by atomic mass is 32.1.